The van der Waals surface area contributed by atoms with E-state index in [1.807, 2.05) is 19.2 Å². The van der Waals surface area contributed by atoms with E-state index in [-0.39, 0.29) is 48.2 Å². The lowest BCUT2D eigenvalue weighted by Crippen LogP contribution is -2.75. The first-order valence-electron chi connectivity index (χ1n) is 28.7. The van der Waals surface area contributed by atoms with Gasteiger partial charge in [0.05, 0.1) is 60.9 Å². The summed E-state index contributed by atoms with van der Waals surface area (Å²) in [5.41, 5.74) is 7.10. The first-order valence-corrected chi connectivity index (χ1v) is 28.7. The molecule has 4 N–H and O–H groups in total. The van der Waals surface area contributed by atoms with Gasteiger partial charge in [0, 0.05) is 113 Å². The first-order chi connectivity index (χ1) is 37.5. The molecule has 20 nitrogen and oxygen atoms in total. The van der Waals surface area contributed by atoms with E-state index in [2.05, 4.69) is 75.9 Å². The fourth-order valence-electron chi connectivity index (χ4n) is 13.1. The summed E-state index contributed by atoms with van der Waals surface area (Å²) in [6.07, 6.45) is 8.00. The van der Waals surface area contributed by atoms with Crippen LogP contribution in [0.5, 0.6) is 0 Å². The van der Waals surface area contributed by atoms with Crippen molar-refractivity contribution >= 4 is 34.6 Å². The summed E-state index contributed by atoms with van der Waals surface area (Å²) < 4.78 is 39.2. The molecule has 8 aliphatic rings. The number of alkyl carbamates (subject to hydrolysis) is 1. The van der Waals surface area contributed by atoms with Gasteiger partial charge in [0.2, 0.25) is 5.89 Å². The molecule has 20 heteroatoms. The van der Waals surface area contributed by atoms with Crippen LogP contribution in [0.3, 0.4) is 0 Å². The van der Waals surface area contributed by atoms with E-state index < -0.39 is 46.6 Å². The lowest BCUT2D eigenvalue weighted by atomic mass is 9.66. The largest absolute Gasteiger partial charge is 0.480 e. The van der Waals surface area contributed by atoms with Crippen LogP contribution in [0.15, 0.2) is 41.1 Å². The Bertz CT molecular complexity index is 2900. The van der Waals surface area contributed by atoms with E-state index in [4.69, 9.17) is 38.1 Å². The van der Waals surface area contributed by atoms with Crippen molar-refractivity contribution in [2.24, 2.45) is 16.7 Å². The van der Waals surface area contributed by atoms with E-state index in [1.165, 1.54) is 17.9 Å². The highest BCUT2D eigenvalue weighted by atomic mass is 16.6. The molecule has 6 aliphatic heterocycles. The van der Waals surface area contributed by atoms with Gasteiger partial charge >= 0.3 is 12.1 Å². The number of likely N-dealkylation sites (tertiary alicyclic amines) is 1. The smallest absolute Gasteiger partial charge is 0.408 e. The summed E-state index contributed by atoms with van der Waals surface area (Å²) in [4.78, 5) is 59.0. The number of ether oxygens (including phenoxy) is 5. The second kappa shape index (κ2) is 21.3. The predicted molar refractivity (Wildman–Crippen MR) is 295 cm³/mol. The summed E-state index contributed by atoms with van der Waals surface area (Å²) in [6, 6.07) is 7.11. The van der Waals surface area contributed by atoms with Crippen molar-refractivity contribution in [3.8, 4) is 22.5 Å². The average molecular weight is 1090 g/mol. The number of hydrazine groups is 1. The second-order valence-corrected chi connectivity index (χ2v) is 26.3. The summed E-state index contributed by atoms with van der Waals surface area (Å²) >= 11 is 0. The molecule has 2 saturated carbocycles. The van der Waals surface area contributed by atoms with Gasteiger partial charge in [-0.05, 0) is 115 Å². The number of amides is 2. The summed E-state index contributed by atoms with van der Waals surface area (Å²) in [6.45, 7) is 23.6. The zero-order chi connectivity index (χ0) is 55.8. The Balaban J connectivity index is 1.01. The zero-order valence-electron chi connectivity index (χ0n) is 47.8. The number of hydrogen-bond acceptors (Lipinski definition) is 16. The van der Waals surface area contributed by atoms with Crippen molar-refractivity contribution in [1.29, 1.82) is 0 Å². The molecule has 2 bridgehead atoms. The van der Waals surface area contributed by atoms with Crippen molar-refractivity contribution in [1.82, 2.24) is 40.1 Å². The molecule has 2 amide bonds. The number of rotatable bonds is 19. The maximum atomic E-state index is 15.0. The monoisotopic (exact) mass is 1090 g/mol. The Kier molecular flexibility index (Phi) is 15.0. The maximum Gasteiger partial charge on any atom is 0.408 e. The number of carbonyl (C=O) groups is 3. The molecule has 4 aromatic rings. The molecule has 430 valence electrons. The number of piperazine rings is 1. The molecule has 4 atom stereocenters. The molecule has 6 saturated heterocycles. The number of fused-ring (bicyclic) bond motifs is 3. The van der Waals surface area contributed by atoms with E-state index in [0.29, 0.717) is 77.1 Å². The number of aromatic nitrogens is 3. The van der Waals surface area contributed by atoms with Crippen molar-refractivity contribution in [3.05, 3.63) is 53.9 Å². The third-order valence-corrected chi connectivity index (χ3v) is 17.6. The van der Waals surface area contributed by atoms with Gasteiger partial charge in [-0.2, -0.15) is 0 Å². The highest BCUT2D eigenvalue weighted by molar-refractivity contribution is 5.95. The number of methoxy groups -OCH3 is 1. The SMILES string of the molecule is CO[C@@H](C)c1ncc(N2CCN(C3CC3)CC2)cc1-c1c(CC(C)(C)CO)c2cc(-c3coc([C@H]([C@H](NC(=O)OC(C)(C)C)C(=O)N4CC5CC(C(=O)O)(C5)N4)N4CC5(COC5)C4)n3)ccc2n1CCO[C@H]1CCOC(C)(C)C1. The van der Waals surface area contributed by atoms with Gasteiger partial charge in [-0.15, -0.1) is 0 Å². The number of hydrogen-bond donors (Lipinski definition) is 4. The maximum absolute atomic E-state index is 15.0. The number of benzene rings is 1. The Hall–Kier alpha value is -5.19. The van der Waals surface area contributed by atoms with Crippen molar-refractivity contribution in [2.45, 2.75) is 154 Å². The Morgan fingerprint density at radius 2 is 1.75 bits per heavy atom. The standard InChI is InChI=1S/C59H83N9O11/c1-36(74-9)47-43(23-40(28-60-47)65-17-15-64(16-18-65)39-11-12-39)49-44(27-56(5,6)33-69)42-22-38(10-13-46(42)67(49)19-21-76-41-14-20-78-57(7,8)26-41)45-30-77-51(61-45)50(66-31-58(32-66)34-75-35-58)48(62-54(73)79-55(2,3)4)52(70)68-29-37-24-59(25-37,63-68)53(71)72/h10,13,22-23,28,30,36-37,39,41,48,50,63,69H,11-12,14-21,24-27,29,31-35H2,1-9H3,(H,62,73)(H,71,72)/t36-,37?,41-,48-,50-,59?/m0/s1. The Morgan fingerprint density at radius 3 is 2.39 bits per heavy atom. The number of nitrogens with zero attached hydrogens (tertiary/aromatic N) is 7. The van der Waals surface area contributed by atoms with Crippen LogP contribution in [0.25, 0.3) is 33.4 Å². The van der Waals surface area contributed by atoms with Crippen molar-refractivity contribution < 1.29 is 52.7 Å². The highest BCUT2D eigenvalue weighted by Crippen LogP contribution is 2.47. The third-order valence-electron chi connectivity index (χ3n) is 17.6. The summed E-state index contributed by atoms with van der Waals surface area (Å²) in [7, 11) is 1.72. The van der Waals surface area contributed by atoms with Gasteiger partial charge in [0.1, 0.15) is 35.2 Å². The molecule has 0 radical (unpaired) electrons. The Morgan fingerprint density at radius 1 is 1.00 bits per heavy atom. The number of nitrogens with one attached hydrogen (secondary N) is 2. The molecular weight excluding hydrogens is 1010 g/mol. The van der Waals surface area contributed by atoms with Gasteiger partial charge in [0.25, 0.3) is 5.91 Å². The normalized spacial score (nSPS) is 25.3. The predicted octanol–water partition coefficient (Wildman–Crippen LogP) is 6.73. The fourth-order valence-corrected chi connectivity index (χ4v) is 13.1. The molecule has 8 fully saturated rings. The molecule has 12 rings (SSSR count). The highest BCUT2D eigenvalue weighted by Gasteiger charge is 2.59. The minimum Gasteiger partial charge on any atom is -0.480 e. The van der Waals surface area contributed by atoms with Gasteiger partial charge in [-0.25, -0.2) is 15.2 Å². The van der Waals surface area contributed by atoms with Gasteiger partial charge in [-0.1, -0.05) is 19.9 Å². The van der Waals surface area contributed by atoms with Crippen LogP contribution < -0.4 is 15.6 Å². The summed E-state index contributed by atoms with van der Waals surface area (Å²) in [5.74, 6) is -1.34. The van der Waals surface area contributed by atoms with E-state index in [1.54, 1.807) is 34.1 Å². The quantitative estimate of drug-likeness (QED) is 0.0765. The third kappa shape index (κ3) is 11.4. The minimum atomic E-state index is -1.29. The molecular formula is C59H83N9O11. The number of aliphatic hydroxyl groups excluding tert-OH is 1. The number of anilines is 1. The number of carbonyl (C=O) groups excluding carboxylic acids is 2. The Labute approximate surface area is 463 Å². The van der Waals surface area contributed by atoms with E-state index >= 15 is 4.79 Å². The minimum absolute atomic E-state index is 0.0114. The molecule has 0 unspecified atom stereocenters. The number of carboxylic acids is 1. The fraction of sp³-hybridized carbons (Fsp3) is 0.678. The molecule has 79 heavy (non-hydrogen) atoms. The molecule has 3 aromatic heterocycles. The zero-order valence-corrected chi connectivity index (χ0v) is 47.8. The van der Waals surface area contributed by atoms with Crippen LogP contribution in [0.4, 0.5) is 10.5 Å². The van der Waals surface area contributed by atoms with E-state index in [0.717, 1.165) is 83.7 Å². The van der Waals surface area contributed by atoms with E-state index in [9.17, 15) is 19.8 Å². The van der Waals surface area contributed by atoms with Gasteiger partial charge in [-0.3, -0.25) is 29.4 Å². The van der Waals surface area contributed by atoms with Crippen LogP contribution in [-0.4, -0.2) is 178 Å². The van der Waals surface area contributed by atoms with Crippen LogP contribution in [0.2, 0.25) is 0 Å². The average Bonchev–Trinajstić information content (AvgIpc) is 4.25. The number of aliphatic hydroxyl groups is 1. The molecule has 2 aliphatic carbocycles. The molecule has 1 spiro atoms. The topological polar surface area (TPSA) is 219 Å². The number of carboxylic acid groups (broad SMARTS) is 1. The molecule has 1 aromatic carbocycles. The number of oxazole rings is 1. The van der Waals surface area contributed by atoms with Crippen molar-refractivity contribution in [3.63, 3.8) is 0 Å². The van der Waals surface area contributed by atoms with Gasteiger partial charge in [0.15, 0.2) is 0 Å². The number of pyridine rings is 1. The van der Waals surface area contributed by atoms with Crippen LogP contribution in [0.1, 0.15) is 123 Å². The molecule has 9 heterocycles. The van der Waals surface area contributed by atoms with Gasteiger partial charge < -0.3 is 53.1 Å². The lowest BCUT2D eigenvalue weighted by molar-refractivity contribution is -0.205. The number of aliphatic carboxylic acids is 1. The van der Waals surface area contributed by atoms with Crippen LogP contribution in [-0.2, 0) is 46.2 Å². The first kappa shape index (κ1) is 55.7. The van der Waals surface area contributed by atoms with Crippen molar-refractivity contribution in [2.75, 3.05) is 90.9 Å². The van der Waals surface area contributed by atoms with Crippen LogP contribution in [0, 0.1) is 16.7 Å². The summed E-state index contributed by atoms with van der Waals surface area (Å²) in [5, 5.41) is 26.5. The second-order valence-electron chi connectivity index (χ2n) is 26.3. The lowest BCUT2D eigenvalue weighted by Gasteiger charge is -2.58. The van der Waals surface area contributed by atoms with Crippen LogP contribution >= 0.6 is 0 Å².